The average molecular weight is 918 g/mol. The van der Waals surface area contributed by atoms with E-state index in [1.165, 1.54) is 53.0 Å². The summed E-state index contributed by atoms with van der Waals surface area (Å²) in [6, 6.07) is 10.7. The molecule has 2 aromatic heterocycles. The summed E-state index contributed by atoms with van der Waals surface area (Å²) >= 11 is 2.72. The summed E-state index contributed by atoms with van der Waals surface area (Å²) < 4.78 is 88.5. The van der Waals surface area contributed by atoms with E-state index < -0.39 is 30.9 Å². The summed E-state index contributed by atoms with van der Waals surface area (Å²) in [5, 5.41) is 7.61. The molecule has 1 N–H and O–H groups in total. The van der Waals surface area contributed by atoms with E-state index >= 15 is 0 Å². The molecule has 0 aliphatic carbocycles. The van der Waals surface area contributed by atoms with E-state index in [9.17, 15) is 22.3 Å². The molecular weight excluding hydrogens is 861 g/mol. The van der Waals surface area contributed by atoms with Crippen LogP contribution in [0.3, 0.4) is 0 Å². The molecule has 0 bridgehead atoms. The van der Waals surface area contributed by atoms with Crippen molar-refractivity contribution in [1.82, 2.24) is 9.97 Å². The third-order valence-electron chi connectivity index (χ3n) is 7.00. The summed E-state index contributed by atoms with van der Waals surface area (Å²) in [7, 11) is -8.35. The molecule has 59 heavy (non-hydrogen) atoms. The largest absolute Gasteiger partial charge is 0.488 e. The molecular formula is C39H57N3O12P2S3. The molecule has 0 radical (unpaired) electrons. The summed E-state index contributed by atoms with van der Waals surface area (Å²) in [5.41, 5.74) is 1.47. The number of ether oxygens (including phenoxy) is 3. The van der Waals surface area contributed by atoms with Crippen LogP contribution < -0.4 is 14.8 Å². The zero-order valence-corrected chi connectivity index (χ0v) is 39.9. The number of sulfone groups is 1. The molecule has 15 nitrogen and oxygen atoms in total. The standard InChI is InChI=1S/C28H37N2O9PS2.C11H20NO3PS/c1-18(2)38-40(32,39-19(3)4)16-22-17-41-28(29-22)30-27(31)21-12-24(36-20(5)15-35-6)14-25(13-21)37-23-8-10-26(11-9-23)42(7,33)34;1-8(2)14-16(13,15-9(3)4)6-11-7-17-10(5)12-11/h8-14,17-20H,15-16H2,1-7H3,(H,29,30,31);7-9H,6H2,1-5H3/t20-;/m0./s1. The van der Waals surface area contributed by atoms with Crippen LogP contribution in [0.1, 0.15) is 89.1 Å². The lowest BCUT2D eigenvalue weighted by Gasteiger charge is -2.22. The zero-order chi connectivity index (χ0) is 44.1. The van der Waals surface area contributed by atoms with Crippen LogP contribution in [0.2, 0.25) is 0 Å². The van der Waals surface area contributed by atoms with Gasteiger partial charge in [-0.1, -0.05) is 0 Å². The van der Waals surface area contributed by atoms with Gasteiger partial charge in [-0.05, 0) is 106 Å². The second kappa shape index (κ2) is 22.7. The second-order valence-corrected chi connectivity index (χ2v) is 22.4. The minimum Gasteiger partial charge on any atom is -0.488 e. The van der Waals surface area contributed by atoms with Crippen molar-refractivity contribution in [1.29, 1.82) is 0 Å². The van der Waals surface area contributed by atoms with Crippen molar-refractivity contribution >= 4 is 58.7 Å². The Balaban J connectivity index is 0.000000456. The molecule has 1 amide bonds. The minimum atomic E-state index is -3.46. The van der Waals surface area contributed by atoms with E-state index in [2.05, 4.69) is 15.3 Å². The van der Waals surface area contributed by atoms with Crippen molar-refractivity contribution in [3.63, 3.8) is 0 Å². The molecule has 4 rings (SSSR count). The Morgan fingerprint density at radius 3 is 1.68 bits per heavy atom. The number of hydrogen-bond acceptors (Lipinski definition) is 16. The Labute approximate surface area is 356 Å². The number of methoxy groups -OCH3 is 1. The number of hydrogen-bond donors (Lipinski definition) is 1. The summed E-state index contributed by atoms with van der Waals surface area (Å²) in [4.78, 5) is 22.1. The van der Waals surface area contributed by atoms with Gasteiger partial charge in [0, 0.05) is 35.8 Å². The number of benzene rings is 2. The maximum Gasteiger partial charge on any atom is 0.337 e. The molecule has 0 aliphatic rings. The normalized spacial score (nSPS) is 12.8. The smallest absolute Gasteiger partial charge is 0.337 e. The fourth-order valence-electron chi connectivity index (χ4n) is 5.19. The van der Waals surface area contributed by atoms with Crippen LogP contribution >= 0.6 is 37.9 Å². The van der Waals surface area contributed by atoms with Crippen LogP contribution in [-0.2, 0) is 54.1 Å². The fraction of sp³-hybridized carbons (Fsp3) is 0.513. The summed E-state index contributed by atoms with van der Waals surface area (Å²) in [6.45, 7) is 18.6. The zero-order valence-electron chi connectivity index (χ0n) is 35.6. The van der Waals surface area contributed by atoms with Crippen molar-refractivity contribution < 1.29 is 54.6 Å². The van der Waals surface area contributed by atoms with Crippen LogP contribution in [-0.4, -0.2) is 74.8 Å². The molecule has 1 atom stereocenters. The van der Waals surface area contributed by atoms with Gasteiger partial charge in [-0.2, -0.15) is 0 Å². The van der Waals surface area contributed by atoms with Crippen LogP contribution in [0.15, 0.2) is 58.1 Å². The monoisotopic (exact) mass is 917 g/mol. The van der Waals surface area contributed by atoms with Crippen molar-refractivity contribution in [2.45, 2.75) is 117 Å². The number of aromatic nitrogens is 2. The molecule has 4 aromatic rings. The number of amides is 1. The number of aryl methyl sites for hydroxylation is 1. The van der Waals surface area contributed by atoms with Gasteiger partial charge in [0.2, 0.25) is 0 Å². The molecule has 328 valence electrons. The van der Waals surface area contributed by atoms with E-state index in [0.29, 0.717) is 34.7 Å². The van der Waals surface area contributed by atoms with Crippen molar-refractivity contribution in [3.8, 4) is 17.2 Å². The van der Waals surface area contributed by atoms with E-state index in [0.717, 1.165) is 17.0 Å². The predicted octanol–water partition coefficient (Wildman–Crippen LogP) is 10.5. The lowest BCUT2D eigenvalue weighted by Crippen LogP contribution is -2.18. The highest BCUT2D eigenvalue weighted by Gasteiger charge is 2.30. The van der Waals surface area contributed by atoms with Gasteiger partial charge in [-0.15, -0.1) is 22.7 Å². The third-order valence-corrected chi connectivity index (χ3v) is 14.2. The lowest BCUT2D eigenvalue weighted by molar-refractivity contribution is 0.0916. The van der Waals surface area contributed by atoms with Gasteiger partial charge in [0.15, 0.2) is 15.0 Å². The lowest BCUT2D eigenvalue weighted by atomic mass is 10.2. The van der Waals surface area contributed by atoms with Gasteiger partial charge in [0.05, 0.1) is 64.6 Å². The first-order valence-corrected chi connectivity index (χ1v) is 25.9. The first kappa shape index (κ1) is 50.3. The van der Waals surface area contributed by atoms with Crippen LogP contribution in [0.25, 0.3) is 0 Å². The Hall–Kier alpha value is -3.02. The van der Waals surface area contributed by atoms with Crippen LogP contribution in [0.4, 0.5) is 5.13 Å². The number of nitrogens with one attached hydrogen (secondary N) is 1. The molecule has 0 fully saturated rings. The highest BCUT2D eigenvalue weighted by atomic mass is 32.2. The molecule has 2 heterocycles. The maximum atomic E-state index is 13.3. The van der Waals surface area contributed by atoms with Crippen molar-refractivity contribution in [2.24, 2.45) is 0 Å². The number of anilines is 1. The predicted molar refractivity (Wildman–Crippen MR) is 232 cm³/mol. The van der Waals surface area contributed by atoms with Crippen LogP contribution in [0, 0.1) is 6.92 Å². The molecule has 0 aliphatic heterocycles. The summed E-state index contributed by atoms with van der Waals surface area (Å²) in [5.74, 6) is 0.564. The highest BCUT2D eigenvalue weighted by molar-refractivity contribution is 7.90. The topological polar surface area (TPSA) is 188 Å². The van der Waals surface area contributed by atoms with E-state index in [1.807, 2.05) is 46.9 Å². The number of carbonyl (C=O) groups excluding carboxylic acids is 1. The highest BCUT2D eigenvalue weighted by Crippen LogP contribution is 2.54. The third kappa shape index (κ3) is 18.2. The Kier molecular flexibility index (Phi) is 19.4. The van der Waals surface area contributed by atoms with E-state index in [-0.39, 0.29) is 53.3 Å². The first-order valence-electron chi connectivity index (χ1n) is 18.8. The second-order valence-electron chi connectivity index (χ2n) is 14.5. The van der Waals surface area contributed by atoms with E-state index in [1.54, 1.807) is 52.3 Å². The summed E-state index contributed by atoms with van der Waals surface area (Å²) in [6.07, 6.45) is 0.163. The van der Waals surface area contributed by atoms with Gasteiger partial charge in [-0.25, -0.2) is 18.4 Å². The quantitative estimate of drug-likeness (QED) is 0.0777. The van der Waals surface area contributed by atoms with Gasteiger partial charge < -0.3 is 32.3 Å². The van der Waals surface area contributed by atoms with E-state index in [4.69, 9.17) is 32.3 Å². The number of thiazole rings is 2. The molecule has 0 spiro atoms. The average Bonchev–Trinajstić information content (AvgIpc) is 3.69. The van der Waals surface area contributed by atoms with Crippen LogP contribution in [0.5, 0.6) is 17.2 Å². The van der Waals surface area contributed by atoms with Gasteiger partial charge in [0.1, 0.15) is 23.4 Å². The Morgan fingerprint density at radius 1 is 0.729 bits per heavy atom. The molecule has 20 heteroatoms. The number of nitrogens with zero attached hydrogens (tertiary/aromatic N) is 2. The van der Waals surface area contributed by atoms with Gasteiger partial charge in [-0.3, -0.25) is 19.2 Å². The fourth-order valence-corrected chi connectivity index (χ4v) is 11.5. The SMILES string of the molecule is COC[C@H](C)Oc1cc(Oc2ccc(S(C)(=O)=O)cc2)cc(C(=O)Nc2nc(CP(=O)(OC(C)C)OC(C)C)cs2)c1.Cc1nc(CP(=O)(OC(C)C)OC(C)C)cs1. The van der Waals surface area contributed by atoms with Crippen molar-refractivity contribution in [2.75, 3.05) is 25.3 Å². The molecule has 0 saturated heterocycles. The number of rotatable bonds is 21. The minimum absolute atomic E-state index is 0.0352. The maximum absolute atomic E-state index is 13.3. The number of carbonyl (C=O) groups is 1. The molecule has 0 saturated carbocycles. The van der Waals surface area contributed by atoms with Gasteiger partial charge in [0.25, 0.3) is 5.91 Å². The molecule has 2 aromatic carbocycles. The Morgan fingerprint density at radius 2 is 1.22 bits per heavy atom. The van der Waals surface area contributed by atoms with Gasteiger partial charge >= 0.3 is 15.2 Å². The first-order chi connectivity index (χ1) is 27.5. The van der Waals surface area contributed by atoms with Crippen molar-refractivity contribution in [3.05, 3.63) is 75.2 Å². The Bertz CT molecular complexity index is 2130. The molecule has 0 unspecified atom stereocenters.